The molecule has 0 spiro atoms. The molecular weight excluding hydrogens is 320 g/mol. The van der Waals surface area contributed by atoms with Crippen molar-refractivity contribution < 1.29 is 39.7 Å². The summed E-state index contributed by atoms with van der Waals surface area (Å²) in [4.78, 5) is 0. The highest BCUT2D eigenvalue weighted by Gasteiger charge is 2.51. The maximum Gasteiger partial charge on any atom is 0.205 e. The van der Waals surface area contributed by atoms with E-state index >= 15 is 0 Å². The van der Waals surface area contributed by atoms with Crippen molar-refractivity contribution in [1.29, 1.82) is 0 Å². The minimum Gasteiger partial charge on any atom is -0.472 e. The number of aliphatic hydroxyl groups is 5. The summed E-state index contributed by atoms with van der Waals surface area (Å²) in [6.45, 7) is 3.34. The maximum absolute atomic E-state index is 10.2. The molecule has 1 aliphatic carbocycles. The highest BCUT2D eigenvalue weighted by Crippen LogP contribution is 2.47. The van der Waals surface area contributed by atoms with E-state index in [1.807, 2.05) is 13.8 Å². The number of allylic oxidation sites excluding steroid dienone is 1. The second kappa shape index (κ2) is 6.87. The molecule has 2 fully saturated rings. The van der Waals surface area contributed by atoms with Gasteiger partial charge in [0.1, 0.15) is 24.4 Å². The Morgan fingerprint density at radius 2 is 1.83 bits per heavy atom. The number of hydrogen-bond donors (Lipinski definition) is 5. The molecule has 1 saturated carbocycles. The number of ether oxygens (including phenoxy) is 3. The second-order valence-electron chi connectivity index (χ2n) is 7.05. The Labute approximate surface area is 140 Å². The molecule has 0 bridgehead atoms. The Hall–Kier alpha value is -0.740. The Morgan fingerprint density at radius 1 is 1.12 bits per heavy atom. The van der Waals surface area contributed by atoms with Crippen LogP contribution in [0.2, 0.25) is 0 Å². The van der Waals surface area contributed by atoms with Crippen molar-refractivity contribution in [1.82, 2.24) is 0 Å². The molecule has 8 nitrogen and oxygen atoms in total. The van der Waals surface area contributed by atoms with Gasteiger partial charge in [0.15, 0.2) is 6.29 Å². The van der Waals surface area contributed by atoms with Crippen molar-refractivity contribution in [2.75, 3.05) is 6.61 Å². The van der Waals surface area contributed by atoms with Crippen molar-refractivity contribution in [2.24, 2.45) is 17.8 Å². The average Bonchev–Trinajstić information content (AvgIpc) is 2.87. The van der Waals surface area contributed by atoms with Crippen molar-refractivity contribution in [2.45, 2.75) is 63.4 Å². The maximum atomic E-state index is 10.2. The molecule has 24 heavy (non-hydrogen) atoms. The highest BCUT2D eigenvalue weighted by molar-refractivity contribution is 5.12. The van der Waals surface area contributed by atoms with Crippen LogP contribution in [0, 0.1) is 17.8 Å². The van der Waals surface area contributed by atoms with Gasteiger partial charge in [-0.1, -0.05) is 6.92 Å². The van der Waals surface area contributed by atoms with Gasteiger partial charge in [-0.05, 0) is 30.8 Å². The summed E-state index contributed by atoms with van der Waals surface area (Å²) in [5, 5.41) is 49.2. The summed E-state index contributed by atoms with van der Waals surface area (Å²) in [5.74, 6) is -0.0652. The van der Waals surface area contributed by atoms with Crippen LogP contribution < -0.4 is 0 Å². The van der Waals surface area contributed by atoms with Crippen LogP contribution in [0.15, 0.2) is 11.8 Å². The van der Waals surface area contributed by atoms with E-state index in [9.17, 15) is 25.5 Å². The quantitative estimate of drug-likeness (QED) is 0.426. The normalized spacial score (nSPS) is 51.7. The lowest BCUT2D eigenvalue weighted by atomic mass is 9.84. The lowest BCUT2D eigenvalue weighted by Gasteiger charge is -2.43. The summed E-state index contributed by atoms with van der Waals surface area (Å²) < 4.78 is 16.7. The summed E-state index contributed by atoms with van der Waals surface area (Å²) in [6, 6.07) is 0. The van der Waals surface area contributed by atoms with Crippen LogP contribution in [0.3, 0.4) is 0 Å². The number of fused-ring (bicyclic) bond motifs is 1. The van der Waals surface area contributed by atoms with Crippen LogP contribution in [0.4, 0.5) is 0 Å². The van der Waals surface area contributed by atoms with E-state index in [-0.39, 0.29) is 17.8 Å². The monoisotopic (exact) mass is 346 g/mol. The number of aliphatic hydroxyl groups excluding tert-OH is 5. The average molecular weight is 346 g/mol. The first-order chi connectivity index (χ1) is 11.3. The molecule has 0 amide bonds. The van der Waals surface area contributed by atoms with Crippen molar-refractivity contribution in [3.05, 3.63) is 11.8 Å². The van der Waals surface area contributed by atoms with E-state index in [1.165, 1.54) is 0 Å². The first-order valence-electron chi connectivity index (χ1n) is 8.31. The Morgan fingerprint density at radius 3 is 2.50 bits per heavy atom. The van der Waals surface area contributed by atoms with E-state index < -0.39 is 49.7 Å². The van der Waals surface area contributed by atoms with Crippen LogP contribution >= 0.6 is 0 Å². The lowest BCUT2D eigenvalue weighted by molar-refractivity contribution is -0.342. The van der Waals surface area contributed by atoms with Crippen LogP contribution in [-0.2, 0) is 14.2 Å². The molecule has 0 aromatic heterocycles. The SMILES string of the molecule is CC1=COC(OC2OC(CO)C(O)C(O)C2O)C2C1CC(O)C2C. The summed E-state index contributed by atoms with van der Waals surface area (Å²) in [5.41, 5.74) is 1.03. The highest BCUT2D eigenvalue weighted by atomic mass is 16.8. The Bertz CT molecular complexity index is 481. The van der Waals surface area contributed by atoms with E-state index in [0.29, 0.717) is 6.42 Å². The van der Waals surface area contributed by atoms with Crippen LogP contribution in [-0.4, -0.2) is 75.2 Å². The van der Waals surface area contributed by atoms with E-state index in [1.54, 1.807) is 6.26 Å². The summed E-state index contributed by atoms with van der Waals surface area (Å²) >= 11 is 0. The van der Waals surface area contributed by atoms with Gasteiger partial charge in [0.05, 0.1) is 19.0 Å². The molecule has 0 radical (unpaired) electrons. The van der Waals surface area contributed by atoms with Crippen molar-refractivity contribution >= 4 is 0 Å². The predicted octanol–water partition coefficient (Wildman–Crippen LogP) is -1.30. The van der Waals surface area contributed by atoms with E-state index in [2.05, 4.69) is 0 Å². The lowest BCUT2D eigenvalue weighted by Crippen LogP contribution is -2.60. The third-order valence-corrected chi connectivity index (χ3v) is 5.58. The standard InChI is InChI=1S/C16H26O8/c1-6-5-22-15(11-7(2)9(18)3-8(6)11)24-16-14(21)13(20)12(19)10(4-17)23-16/h5,7-21H,3-4H2,1-2H3. The second-order valence-corrected chi connectivity index (χ2v) is 7.05. The number of hydrogen-bond acceptors (Lipinski definition) is 8. The van der Waals surface area contributed by atoms with Gasteiger partial charge in [-0.3, -0.25) is 0 Å². The van der Waals surface area contributed by atoms with Crippen molar-refractivity contribution in [3.8, 4) is 0 Å². The van der Waals surface area contributed by atoms with Crippen molar-refractivity contribution in [3.63, 3.8) is 0 Å². The molecule has 138 valence electrons. The third-order valence-electron chi connectivity index (χ3n) is 5.58. The topological polar surface area (TPSA) is 129 Å². The van der Waals surface area contributed by atoms with Crippen LogP contribution in [0.5, 0.6) is 0 Å². The van der Waals surface area contributed by atoms with Gasteiger partial charge in [0, 0.05) is 5.92 Å². The first kappa shape index (κ1) is 18.1. The molecule has 0 aromatic rings. The Balaban J connectivity index is 1.75. The number of rotatable bonds is 3. The molecule has 8 heteroatoms. The van der Waals surface area contributed by atoms with Gasteiger partial charge in [-0.25, -0.2) is 0 Å². The smallest absolute Gasteiger partial charge is 0.205 e. The van der Waals surface area contributed by atoms with Gasteiger partial charge in [0.25, 0.3) is 0 Å². The van der Waals surface area contributed by atoms with Gasteiger partial charge < -0.3 is 39.7 Å². The van der Waals surface area contributed by atoms with E-state index in [0.717, 1.165) is 5.57 Å². The molecule has 1 saturated heterocycles. The fourth-order valence-corrected chi connectivity index (χ4v) is 3.97. The summed E-state index contributed by atoms with van der Waals surface area (Å²) in [7, 11) is 0. The zero-order valence-electron chi connectivity index (χ0n) is 13.7. The van der Waals surface area contributed by atoms with E-state index in [4.69, 9.17) is 14.2 Å². The fraction of sp³-hybridized carbons (Fsp3) is 0.875. The Kier molecular flexibility index (Phi) is 5.17. The largest absolute Gasteiger partial charge is 0.472 e. The molecule has 2 heterocycles. The van der Waals surface area contributed by atoms with Gasteiger partial charge >= 0.3 is 0 Å². The fourth-order valence-electron chi connectivity index (χ4n) is 3.97. The molecule has 0 aromatic carbocycles. The molecule has 10 atom stereocenters. The van der Waals surface area contributed by atoms with Gasteiger partial charge in [-0.2, -0.15) is 0 Å². The molecule has 3 aliphatic rings. The first-order valence-corrected chi connectivity index (χ1v) is 8.31. The molecule has 3 rings (SSSR count). The van der Waals surface area contributed by atoms with Gasteiger partial charge in [-0.15, -0.1) is 0 Å². The molecule has 10 unspecified atom stereocenters. The zero-order chi connectivity index (χ0) is 17.6. The van der Waals surface area contributed by atoms with Crippen LogP contribution in [0.25, 0.3) is 0 Å². The minimum atomic E-state index is -1.50. The molecule has 5 N–H and O–H groups in total. The third kappa shape index (κ3) is 2.96. The molecule has 2 aliphatic heterocycles. The van der Waals surface area contributed by atoms with Gasteiger partial charge in [0.2, 0.25) is 6.29 Å². The van der Waals surface area contributed by atoms with Crippen LogP contribution in [0.1, 0.15) is 20.3 Å². The molecular formula is C16H26O8. The predicted molar refractivity (Wildman–Crippen MR) is 80.3 cm³/mol. The summed E-state index contributed by atoms with van der Waals surface area (Å²) in [6.07, 6.45) is -5.70. The zero-order valence-corrected chi connectivity index (χ0v) is 13.7. The minimum absolute atomic E-state index is 0.0615.